The van der Waals surface area contributed by atoms with Crippen molar-refractivity contribution in [3.63, 3.8) is 0 Å². The van der Waals surface area contributed by atoms with Crippen LogP contribution in [0.15, 0.2) is 79.0 Å². The fourth-order valence-corrected chi connectivity index (χ4v) is 5.50. The monoisotopic (exact) mass is 599 g/mol. The van der Waals surface area contributed by atoms with E-state index in [9.17, 15) is 8.42 Å². The first-order valence-electron chi connectivity index (χ1n) is 12.3. The number of nitrogens with one attached hydrogen (secondary N) is 2. The van der Waals surface area contributed by atoms with Gasteiger partial charge in [-0.25, -0.2) is 13.4 Å². The van der Waals surface area contributed by atoms with Gasteiger partial charge in [-0.1, -0.05) is 35.9 Å². The number of aromatic nitrogens is 2. The molecule has 2 heterocycles. The van der Waals surface area contributed by atoms with Crippen molar-refractivity contribution in [3.8, 4) is 0 Å². The van der Waals surface area contributed by atoms with E-state index in [2.05, 4.69) is 31.6 Å². The highest BCUT2D eigenvalue weighted by molar-refractivity contribution is 7.89. The third-order valence-electron chi connectivity index (χ3n) is 6.69. The zero-order valence-electron chi connectivity index (χ0n) is 22.3. The van der Waals surface area contributed by atoms with E-state index in [4.69, 9.17) is 17.3 Å². The highest BCUT2D eigenvalue weighted by atomic mass is 35.5. The molecule has 0 fully saturated rings. The number of hydrogen-bond donors (Lipinski definition) is 3. The lowest BCUT2D eigenvalue weighted by molar-refractivity contribution is 0.491. The van der Waals surface area contributed by atoms with E-state index in [1.54, 1.807) is 18.3 Å². The molecule has 0 radical (unpaired) electrons. The fraction of sp³-hybridized carbons (Fsp3) is 0.214. The average Bonchev–Trinajstić information content (AvgIpc) is 3.14. The molecule has 4 aromatic rings. The second-order valence-electron chi connectivity index (χ2n) is 9.80. The fourth-order valence-electron chi connectivity index (χ4n) is 4.58. The topological polar surface area (TPSA) is 116 Å². The number of nitrogens with zero attached hydrogens (tertiary/aromatic N) is 4. The van der Waals surface area contributed by atoms with Gasteiger partial charge >= 0.3 is 0 Å². The highest BCUT2D eigenvalue weighted by Crippen LogP contribution is 2.41. The minimum atomic E-state index is -3.09. The maximum Gasteiger partial charge on any atom is 0.229 e. The highest BCUT2D eigenvalue weighted by Gasteiger charge is 2.38. The average molecular weight is 601 g/mol. The molecule has 1 aliphatic heterocycles. The van der Waals surface area contributed by atoms with Crippen molar-refractivity contribution in [2.75, 3.05) is 40.8 Å². The van der Waals surface area contributed by atoms with Crippen molar-refractivity contribution in [1.82, 2.24) is 9.97 Å². The van der Waals surface area contributed by atoms with Gasteiger partial charge in [-0.3, -0.25) is 5.73 Å². The third kappa shape index (κ3) is 6.59. The molecule has 0 saturated heterocycles. The molecule has 1 atom stereocenters. The number of rotatable bonds is 8. The molecule has 40 heavy (non-hydrogen) atoms. The van der Waals surface area contributed by atoms with Gasteiger partial charge in [0.05, 0.1) is 17.1 Å². The maximum atomic E-state index is 11.5. The number of halogens is 2. The molecule has 0 saturated carbocycles. The molecular formula is C28H31Cl2N7O2S. The van der Waals surface area contributed by atoms with E-state index < -0.39 is 15.6 Å². The van der Waals surface area contributed by atoms with Crippen molar-refractivity contribution in [1.29, 1.82) is 0 Å². The van der Waals surface area contributed by atoms with Crippen LogP contribution in [0, 0.1) is 0 Å². The molecule has 3 aromatic carbocycles. The molecule has 210 valence electrons. The summed E-state index contributed by atoms with van der Waals surface area (Å²) in [6.45, 7) is 0. The summed E-state index contributed by atoms with van der Waals surface area (Å²) in [5.41, 5.74) is 12.2. The third-order valence-corrected chi connectivity index (χ3v) is 7.80. The number of anilines is 6. The van der Waals surface area contributed by atoms with Crippen molar-refractivity contribution < 1.29 is 8.42 Å². The number of benzene rings is 3. The molecular weight excluding hydrogens is 569 g/mol. The summed E-state index contributed by atoms with van der Waals surface area (Å²) >= 11 is 6.04. The summed E-state index contributed by atoms with van der Waals surface area (Å²) in [4.78, 5) is 13.0. The molecule has 0 amide bonds. The zero-order chi connectivity index (χ0) is 27.8. The Labute approximate surface area is 245 Å². The standard InChI is InChI=1S/C28H30ClN7O2S.ClH/c1-35(26-14-15-31-27(33-26)32-22-10-6-20(7-11-22)18-39(3,37)38)23-12-13-25-24(16-23)34-28(30,36(25)2)17-19-4-8-21(29)9-5-19;/h4-16,34H,17-18,30H2,1-3H3,(H,31,32,33);1H. The normalized spacial score (nSPS) is 16.1. The molecule has 1 aliphatic rings. The molecule has 0 bridgehead atoms. The lowest BCUT2D eigenvalue weighted by Gasteiger charge is -2.34. The van der Waals surface area contributed by atoms with Gasteiger partial charge in [-0.15, -0.1) is 12.4 Å². The summed E-state index contributed by atoms with van der Waals surface area (Å²) in [7, 11) is 0.832. The van der Waals surface area contributed by atoms with E-state index in [1.165, 1.54) is 6.26 Å². The van der Waals surface area contributed by atoms with Gasteiger partial charge in [-0.2, -0.15) is 4.98 Å². The Kier molecular flexibility index (Phi) is 8.46. The molecule has 0 aliphatic carbocycles. The Morgan fingerprint density at radius 3 is 2.40 bits per heavy atom. The second-order valence-corrected chi connectivity index (χ2v) is 12.4. The number of nitrogens with two attached hydrogens (primary N) is 1. The van der Waals surface area contributed by atoms with Gasteiger partial charge in [0.1, 0.15) is 5.82 Å². The summed E-state index contributed by atoms with van der Waals surface area (Å²) in [6.07, 6.45) is 3.50. The van der Waals surface area contributed by atoms with E-state index >= 15 is 0 Å². The zero-order valence-corrected chi connectivity index (χ0v) is 24.7. The van der Waals surface area contributed by atoms with Crippen LogP contribution in [0.1, 0.15) is 11.1 Å². The Morgan fingerprint density at radius 2 is 1.73 bits per heavy atom. The van der Waals surface area contributed by atoms with Crippen LogP contribution in [0.4, 0.5) is 34.5 Å². The van der Waals surface area contributed by atoms with Gasteiger partial charge in [0.25, 0.3) is 0 Å². The number of likely N-dealkylation sites (N-methyl/N-ethyl adjacent to an activating group) is 1. The first kappa shape index (κ1) is 29.4. The SMILES string of the molecule is CN(c1ccc2c(c1)NC(N)(Cc1ccc(Cl)cc1)N2C)c1ccnc(Nc2ccc(CS(C)(=O)=O)cc2)n1.Cl. The van der Waals surface area contributed by atoms with Crippen LogP contribution in [0.2, 0.25) is 5.02 Å². The van der Waals surface area contributed by atoms with Crippen molar-refractivity contribution in [3.05, 3.63) is 95.1 Å². The molecule has 5 rings (SSSR count). The van der Waals surface area contributed by atoms with Crippen molar-refractivity contribution in [2.45, 2.75) is 18.0 Å². The molecule has 4 N–H and O–H groups in total. The minimum Gasteiger partial charge on any atom is -0.348 e. The summed E-state index contributed by atoms with van der Waals surface area (Å²) in [5, 5.41) is 7.37. The van der Waals surface area contributed by atoms with Gasteiger partial charge in [0, 0.05) is 49.4 Å². The van der Waals surface area contributed by atoms with E-state index in [0.29, 0.717) is 23.2 Å². The smallest absolute Gasteiger partial charge is 0.229 e. The predicted octanol–water partition coefficient (Wildman–Crippen LogP) is 5.32. The van der Waals surface area contributed by atoms with Crippen LogP contribution >= 0.6 is 24.0 Å². The molecule has 1 unspecified atom stereocenters. The molecule has 1 aromatic heterocycles. The Balaban J connectivity index is 0.00000370. The number of sulfone groups is 1. The molecule has 0 spiro atoms. The summed E-state index contributed by atoms with van der Waals surface area (Å²) < 4.78 is 23.1. The van der Waals surface area contributed by atoms with Gasteiger partial charge in [0.15, 0.2) is 15.6 Å². The minimum absolute atomic E-state index is 0. The van der Waals surface area contributed by atoms with Crippen LogP contribution in [0.5, 0.6) is 0 Å². The van der Waals surface area contributed by atoms with Crippen molar-refractivity contribution >= 4 is 68.4 Å². The first-order chi connectivity index (χ1) is 18.5. The van der Waals surface area contributed by atoms with Gasteiger partial charge in [-0.05, 0) is 59.7 Å². The quantitative estimate of drug-likeness (QED) is 0.247. The van der Waals surface area contributed by atoms with Crippen LogP contribution in [0.3, 0.4) is 0 Å². The largest absolute Gasteiger partial charge is 0.348 e. The first-order valence-corrected chi connectivity index (χ1v) is 14.7. The van der Waals surface area contributed by atoms with Crippen LogP contribution in [-0.4, -0.2) is 44.5 Å². The van der Waals surface area contributed by atoms with Crippen LogP contribution < -0.4 is 26.2 Å². The van der Waals surface area contributed by atoms with Crippen LogP contribution in [0.25, 0.3) is 0 Å². The van der Waals surface area contributed by atoms with E-state index in [-0.39, 0.29) is 18.2 Å². The van der Waals surface area contributed by atoms with E-state index in [1.807, 2.05) is 73.6 Å². The Hall–Kier alpha value is -3.57. The second kappa shape index (κ2) is 11.5. The van der Waals surface area contributed by atoms with Crippen molar-refractivity contribution in [2.24, 2.45) is 5.73 Å². The molecule has 9 nitrogen and oxygen atoms in total. The lowest BCUT2D eigenvalue weighted by atomic mass is 10.1. The summed E-state index contributed by atoms with van der Waals surface area (Å²) in [5.74, 6) is 0.351. The lowest BCUT2D eigenvalue weighted by Crippen LogP contribution is -2.58. The van der Waals surface area contributed by atoms with Gasteiger partial charge in [0.2, 0.25) is 5.95 Å². The maximum absolute atomic E-state index is 11.5. The Bertz CT molecular complexity index is 1600. The van der Waals surface area contributed by atoms with Gasteiger partial charge < -0.3 is 20.4 Å². The van der Waals surface area contributed by atoms with Crippen LogP contribution in [-0.2, 0) is 22.0 Å². The Morgan fingerprint density at radius 1 is 1.05 bits per heavy atom. The number of fused-ring (bicyclic) bond motifs is 1. The predicted molar refractivity (Wildman–Crippen MR) is 166 cm³/mol. The summed E-state index contributed by atoms with van der Waals surface area (Å²) in [6, 6.07) is 22.8. The number of hydrogen-bond acceptors (Lipinski definition) is 9. The van der Waals surface area contributed by atoms with E-state index in [0.717, 1.165) is 33.9 Å². The molecule has 12 heteroatoms.